The second kappa shape index (κ2) is 6.71. The van der Waals surface area contributed by atoms with Crippen molar-refractivity contribution in [3.63, 3.8) is 0 Å². The van der Waals surface area contributed by atoms with Gasteiger partial charge in [0.25, 0.3) is 0 Å². The van der Waals surface area contributed by atoms with Crippen LogP contribution in [0, 0.1) is 5.92 Å². The first kappa shape index (κ1) is 15.5. The molecule has 2 aliphatic rings. The van der Waals surface area contributed by atoms with Crippen LogP contribution in [0.1, 0.15) is 19.3 Å². The van der Waals surface area contributed by atoms with Gasteiger partial charge in [-0.15, -0.1) is 0 Å². The number of nitrogens with one attached hydrogen (secondary N) is 1. The van der Waals surface area contributed by atoms with Crippen molar-refractivity contribution in [2.24, 2.45) is 5.92 Å². The molecule has 116 valence electrons. The van der Waals surface area contributed by atoms with Crippen LogP contribution in [0.15, 0.2) is 12.7 Å². The van der Waals surface area contributed by atoms with E-state index in [0.29, 0.717) is 19.3 Å². The summed E-state index contributed by atoms with van der Waals surface area (Å²) in [5, 5.41) is 2.48. The van der Waals surface area contributed by atoms with Gasteiger partial charge in [0.2, 0.25) is 0 Å². The summed E-state index contributed by atoms with van der Waals surface area (Å²) in [6, 6.07) is -0.810. The van der Waals surface area contributed by atoms with E-state index in [0.717, 1.165) is 0 Å². The molecule has 1 N–H and O–H groups in total. The zero-order valence-corrected chi connectivity index (χ0v) is 11.9. The molecule has 0 aromatic carbocycles. The molecule has 1 saturated carbocycles. The molecule has 7 nitrogen and oxygen atoms in total. The van der Waals surface area contributed by atoms with E-state index in [-0.39, 0.29) is 30.5 Å². The number of carbonyl (C=O) groups excluding carboxylic acids is 3. The Labute approximate surface area is 122 Å². The summed E-state index contributed by atoms with van der Waals surface area (Å²) in [7, 11) is 1.26. The smallest absolute Gasteiger partial charge is 0.408 e. The van der Waals surface area contributed by atoms with E-state index in [9.17, 15) is 14.4 Å². The fraction of sp³-hybridized carbons (Fsp3) is 0.643. The summed E-state index contributed by atoms with van der Waals surface area (Å²) in [5.74, 6) is -0.375. The Balaban J connectivity index is 1.90. The van der Waals surface area contributed by atoms with E-state index in [1.165, 1.54) is 13.2 Å². The Morgan fingerprint density at radius 3 is 3.00 bits per heavy atom. The van der Waals surface area contributed by atoms with E-state index in [1.807, 2.05) is 0 Å². The topological polar surface area (TPSA) is 94.2 Å². The van der Waals surface area contributed by atoms with Gasteiger partial charge >= 0.3 is 12.1 Å². The maximum absolute atomic E-state index is 11.8. The minimum absolute atomic E-state index is 0.0523. The van der Waals surface area contributed by atoms with Gasteiger partial charge in [-0.3, -0.25) is 4.79 Å². The largest absolute Gasteiger partial charge is 0.467 e. The fourth-order valence-corrected chi connectivity index (χ4v) is 2.61. The number of hydrogen-bond acceptors (Lipinski definition) is 6. The molecule has 1 saturated heterocycles. The van der Waals surface area contributed by atoms with Crippen LogP contribution in [0.2, 0.25) is 0 Å². The van der Waals surface area contributed by atoms with Crippen molar-refractivity contribution in [3.8, 4) is 0 Å². The zero-order valence-electron chi connectivity index (χ0n) is 11.9. The summed E-state index contributed by atoms with van der Waals surface area (Å²) in [5.41, 5.74) is 0. The van der Waals surface area contributed by atoms with Gasteiger partial charge in [-0.1, -0.05) is 12.7 Å². The monoisotopic (exact) mass is 297 g/mol. The summed E-state index contributed by atoms with van der Waals surface area (Å²) < 4.78 is 14.8. The number of Topliss-reactive ketones (excluding diaryl/α,β-unsaturated/α-hetero) is 1. The number of carbonyl (C=O) groups is 3. The third kappa shape index (κ3) is 3.81. The minimum atomic E-state index is -0.810. The van der Waals surface area contributed by atoms with Crippen LogP contribution in [0.25, 0.3) is 0 Å². The SMILES string of the molecule is C=CCOC(=O)N[C@@H](C[C@H]1CCC(=O)[C@H]2O[C@@H]12)C(=O)OC. The lowest BCUT2D eigenvalue weighted by Crippen LogP contribution is -2.44. The van der Waals surface area contributed by atoms with E-state index in [4.69, 9.17) is 14.2 Å². The highest BCUT2D eigenvalue weighted by molar-refractivity contribution is 5.87. The van der Waals surface area contributed by atoms with Gasteiger partial charge in [-0.25, -0.2) is 9.59 Å². The van der Waals surface area contributed by atoms with Crippen LogP contribution < -0.4 is 5.32 Å². The van der Waals surface area contributed by atoms with Crippen molar-refractivity contribution >= 4 is 17.8 Å². The first-order valence-corrected chi connectivity index (χ1v) is 6.87. The minimum Gasteiger partial charge on any atom is -0.467 e. The van der Waals surface area contributed by atoms with Crippen LogP contribution in [0.3, 0.4) is 0 Å². The number of hydrogen-bond donors (Lipinski definition) is 1. The van der Waals surface area contributed by atoms with Crippen molar-refractivity contribution < 1.29 is 28.6 Å². The molecule has 1 amide bonds. The Hall–Kier alpha value is -1.89. The fourth-order valence-electron chi connectivity index (χ4n) is 2.61. The number of alkyl carbamates (subject to hydrolysis) is 1. The van der Waals surface area contributed by atoms with Gasteiger partial charge in [-0.2, -0.15) is 0 Å². The zero-order chi connectivity index (χ0) is 15.4. The summed E-state index contributed by atoms with van der Waals surface area (Å²) in [4.78, 5) is 34.7. The molecule has 2 fully saturated rings. The molecule has 0 aromatic rings. The normalized spacial score (nSPS) is 28.0. The van der Waals surface area contributed by atoms with Gasteiger partial charge in [-0.05, 0) is 18.8 Å². The van der Waals surface area contributed by atoms with Crippen molar-refractivity contribution in [1.82, 2.24) is 5.32 Å². The molecule has 0 radical (unpaired) electrons. The van der Waals surface area contributed by atoms with Crippen molar-refractivity contribution in [1.29, 1.82) is 0 Å². The third-order valence-electron chi connectivity index (χ3n) is 3.72. The van der Waals surface area contributed by atoms with E-state index < -0.39 is 18.1 Å². The van der Waals surface area contributed by atoms with Gasteiger partial charge in [0, 0.05) is 6.42 Å². The second-order valence-corrected chi connectivity index (χ2v) is 5.13. The highest BCUT2D eigenvalue weighted by Crippen LogP contribution is 2.40. The number of rotatable bonds is 6. The van der Waals surface area contributed by atoms with Crippen molar-refractivity contribution in [3.05, 3.63) is 12.7 Å². The van der Waals surface area contributed by atoms with Crippen LogP contribution >= 0.6 is 0 Å². The first-order chi connectivity index (χ1) is 10.1. The predicted molar refractivity (Wildman–Crippen MR) is 71.5 cm³/mol. The van der Waals surface area contributed by atoms with Crippen LogP contribution in [-0.2, 0) is 23.8 Å². The van der Waals surface area contributed by atoms with Gasteiger partial charge in [0.1, 0.15) is 18.8 Å². The number of methoxy groups -OCH3 is 1. The lowest BCUT2D eigenvalue weighted by atomic mass is 9.84. The molecule has 7 heteroatoms. The average Bonchev–Trinajstić information content (AvgIpc) is 3.27. The molecule has 1 heterocycles. The Morgan fingerprint density at radius 2 is 2.33 bits per heavy atom. The molecule has 2 rings (SSSR count). The highest BCUT2D eigenvalue weighted by Gasteiger charge is 2.53. The summed E-state index contributed by atoms with van der Waals surface area (Å²) in [6.07, 6.45) is 1.73. The maximum atomic E-state index is 11.8. The Bertz CT molecular complexity index is 449. The molecule has 0 unspecified atom stereocenters. The molecular weight excluding hydrogens is 278 g/mol. The van der Waals surface area contributed by atoms with Gasteiger partial charge < -0.3 is 19.5 Å². The molecular formula is C14H19NO6. The predicted octanol–water partition coefficient (Wildman–Crippen LogP) is 0.577. The van der Waals surface area contributed by atoms with Crippen LogP contribution in [0.5, 0.6) is 0 Å². The van der Waals surface area contributed by atoms with Crippen molar-refractivity contribution in [2.45, 2.75) is 37.5 Å². The standard InChI is InChI=1S/C14H19NO6/c1-3-6-20-14(18)15-9(13(17)19-2)7-8-4-5-10(16)12-11(8)21-12/h3,8-9,11-12H,1,4-7H2,2H3,(H,15,18)/t8-,9+,11+,12-/m1/s1. The number of epoxide rings is 1. The number of ether oxygens (including phenoxy) is 3. The summed E-state index contributed by atoms with van der Waals surface area (Å²) >= 11 is 0. The van der Waals surface area contributed by atoms with Crippen LogP contribution in [0.4, 0.5) is 4.79 Å². The Morgan fingerprint density at radius 1 is 1.57 bits per heavy atom. The molecule has 0 bridgehead atoms. The van der Waals surface area contributed by atoms with Crippen molar-refractivity contribution in [2.75, 3.05) is 13.7 Å². The van der Waals surface area contributed by atoms with Crippen LogP contribution in [-0.4, -0.2) is 49.8 Å². The van der Waals surface area contributed by atoms with Gasteiger partial charge in [0.15, 0.2) is 5.78 Å². The number of esters is 1. The van der Waals surface area contributed by atoms with Gasteiger partial charge in [0.05, 0.1) is 13.2 Å². The molecule has 0 spiro atoms. The Kier molecular flexibility index (Phi) is 4.95. The molecule has 4 atom stereocenters. The quantitative estimate of drug-likeness (QED) is 0.438. The lowest BCUT2D eigenvalue weighted by molar-refractivity contribution is -0.143. The van der Waals surface area contributed by atoms with E-state index >= 15 is 0 Å². The molecule has 1 aliphatic carbocycles. The lowest BCUT2D eigenvalue weighted by Gasteiger charge is -2.23. The molecule has 21 heavy (non-hydrogen) atoms. The van der Waals surface area contributed by atoms with E-state index in [1.54, 1.807) is 0 Å². The number of fused-ring (bicyclic) bond motifs is 1. The highest BCUT2D eigenvalue weighted by atomic mass is 16.6. The maximum Gasteiger partial charge on any atom is 0.408 e. The first-order valence-electron chi connectivity index (χ1n) is 6.87. The molecule has 1 aliphatic heterocycles. The second-order valence-electron chi connectivity index (χ2n) is 5.13. The average molecular weight is 297 g/mol. The summed E-state index contributed by atoms with van der Waals surface area (Å²) in [6.45, 7) is 3.50. The third-order valence-corrected chi connectivity index (χ3v) is 3.72. The molecule has 0 aromatic heterocycles. The van der Waals surface area contributed by atoms with E-state index in [2.05, 4.69) is 11.9 Å². The number of ketones is 1. The number of amides is 1.